The molecule has 0 radical (unpaired) electrons. The zero-order chi connectivity index (χ0) is 15.3. The van der Waals surface area contributed by atoms with Crippen molar-refractivity contribution in [2.75, 3.05) is 33.0 Å². The van der Waals surface area contributed by atoms with Gasteiger partial charge in [-0.15, -0.1) is 0 Å². The number of ether oxygens (including phenoxy) is 1. The molecule has 0 unspecified atom stereocenters. The van der Waals surface area contributed by atoms with Gasteiger partial charge >= 0.3 is 0 Å². The Labute approximate surface area is 125 Å². The standard InChI is InChI=1S/C12H27N.C4H10O3/c1-2-3-4-5-6-7-8-9-10-11-12-13;5-1-3-7-4-2-6/h2-13H2,1H3;5-6H,1-4H2. The Morgan fingerprint density at radius 3 is 1.45 bits per heavy atom. The van der Waals surface area contributed by atoms with Crippen molar-refractivity contribution in [3.8, 4) is 0 Å². The number of aliphatic hydroxyl groups excluding tert-OH is 2. The Balaban J connectivity index is 0. The fourth-order valence-electron chi connectivity index (χ4n) is 1.86. The molecule has 0 aromatic carbocycles. The summed E-state index contributed by atoms with van der Waals surface area (Å²) in [6.45, 7) is 3.84. The van der Waals surface area contributed by atoms with E-state index in [0.717, 1.165) is 6.54 Å². The number of hydrogen-bond donors (Lipinski definition) is 3. The normalized spacial score (nSPS) is 10.2. The minimum atomic E-state index is 0.0278. The topological polar surface area (TPSA) is 75.7 Å². The summed E-state index contributed by atoms with van der Waals surface area (Å²) in [6, 6.07) is 0. The minimum Gasteiger partial charge on any atom is -0.394 e. The third-order valence-corrected chi connectivity index (χ3v) is 3.03. The van der Waals surface area contributed by atoms with Gasteiger partial charge in [-0.05, 0) is 13.0 Å². The smallest absolute Gasteiger partial charge is 0.0698 e. The van der Waals surface area contributed by atoms with Gasteiger partial charge in [0.15, 0.2) is 0 Å². The summed E-state index contributed by atoms with van der Waals surface area (Å²) in [5.74, 6) is 0. The maximum absolute atomic E-state index is 8.09. The number of nitrogens with two attached hydrogens (primary N) is 1. The summed E-state index contributed by atoms with van der Waals surface area (Å²) in [7, 11) is 0. The Morgan fingerprint density at radius 1 is 0.700 bits per heavy atom. The van der Waals surface area contributed by atoms with Crippen LogP contribution in [0.4, 0.5) is 0 Å². The Morgan fingerprint density at radius 2 is 1.10 bits per heavy atom. The van der Waals surface area contributed by atoms with Crippen molar-refractivity contribution in [3.05, 3.63) is 0 Å². The molecule has 0 aliphatic carbocycles. The van der Waals surface area contributed by atoms with Gasteiger partial charge in [0.2, 0.25) is 0 Å². The van der Waals surface area contributed by atoms with E-state index in [2.05, 4.69) is 11.7 Å². The van der Waals surface area contributed by atoms with Crippen LogP contribution in [-0.2, 0) is 4.74 Å². The predicted molar refractivity (Wildman–Crippen MR) is 85.9 cm³/mol. The second-order valence-corrected chi connectivity index (χ2v) is 5.03. The highest BCUT2D eigenvalue weighted by Gasteiger charge is 1.91. The predicted octanol–water partition coefficient (Wildman–Crippen LogP) is 2.85. The second-order valence-electron chi connectivity index (χ2n) is 5.03. The molecule has 0 spiro atoms. The monoisotopic (exact) mass is 291 g/mol. The molecule has 0 heterocycles. The molecule has 0 saturated heterocycles. The van der Waals surface area contributed by atoms with E-state index in [0.29, 0.717) is 13.2 Å². The molecule has 0 aliphatic rings. The van der Waals surface area contributed by atoms with E-state index in [4.69, 9.17) is 15.9 Å². The molecule has 0 saturated carbocycles. The highest BCUT2D eigenvalue weighted by molar-refractivity contribution is 4.47. The van der Waals surface area contributed by atoms with Crippen LogP contribution in [0.25, 0.3) is 0 Å². The summed E-state index contributed by atoms with van der Waals surface area (Å²) in [6.07, 6.45) is 13.9. The second kappa shape index (κ2) is 23.9. The molecule has 0 fully saturated rings. The quantitative estimate of drug-likeness (QED) is 0.430. The SMILES string of the molecule is CCCCCCCCCCCCN.OCCOCCO. The molecule has 0 atom stereocenters. The van der Waals surface area contributed by atoms with E-state index >= 15 is 0 Å². The largest absolute Gasteiger partial charge is 0.394 e. The van der Waals surface area contributed by atoms with Gasteiger partial charge < -0.3 is 20.7 Å². The highest BCUT2D eigenvalue weighted by atomic mass is 16.5. The van der Waals surface area contributed by atoms with E-state index in [9.17, 15) is 0 Å². The molecule has 124 valence electrons. The molecule has 0 aliphatic heterocycles. The molecule has 4 nitrogen and oxygen atoms in total. The molecular formula is C16H37NO3. The van der Waals surface area contributed by atoms with Gasteiger partial charge in [-0.25, -0.2) is 0 Å². The lowest BCUT2D eigenvalue weighted by molar-refractivity contribution is 0.0650. The first-order valence-electron chi connectivity index (χ1n) is 8.33. The van der Waals surface area contributed by atoms with Gasteiger partial charge in [-0.2, -0.15) is 0 Å². The molecular weight excluding hydrogens is 254 g/mol. The summed E-state index contributed by atoms with van der Waals surface area (Å²) in [5.41, 5.74) is 5.42. The molecule has 0 rings (SSSR count). The lowest BCUT2D eigenvalue weighted by atomic mass is 10.1. The van der Waals surface area contributed by atoms with E-state index in [1.165, 1.54) is 64.2 Å². The third kappa shape index (κ3) is 26.4. The summed E-state index contributed by atoms with van der Waals surface area (Å²) < 4.78 is 4.63. The third-order valence-electron chi connectivity index (χ3n) is 3.03. The van der Waals surface area contributed by atoms with Crippen molar-refractivity contribution in [1.29, 1.82) is 0 Å². The average molecular weight is 291 g/mol. The Hall–Kier alpha value is -0.160. The zero-order valence-electron chi connectivity index (χ0n) is 13.5. The van der Waals surface area contributed by atoms with Crippen molar-refractivity contribution >= 4 is 0 Å². The van der Waals surface area contributed by atoms with Crippen LogP contribution in [0.15, 0.2) is 0 Å². The van der Waals surface area contributed by atoms with Crippen LogP contribution < -0.4 is 5.73 Å². The van der Waals surface area contributed by atoms with Crippen LogP contribution in [-0.4, -0.2) is 43.2 Å². The maximum atomic E-state index is 8.09. The number of aliphatic hydroxyl groups is 2. The van der Waals surface area contributed by atoms with E-state index in [1.54, 1.807) is 0 Å². The van der Waals surface area contributed by atoms with Crippen molar-refractivity contribution in [3.63, 3.8) is 0 Å². The van der Waals surface area contributed by atoms with E-state index < -0.39 is 0 Å². The Kier molecular flexibility index (Phi) is 26.4. The minimum absolute atomic E-state index is 0.0278. The summed E-state index contributed by atoms with van der Waals surface area (Å²) in [4.78, 5) is 0. The average Bonchev–Trinajstić information content (AvgIpc) is 2.47. The molecule has 0 aromatic rings. The zero-order valence-corrected chi connectivity index (χ0v) is 13.5. The van der Waals surface area contributed by atoms with Crippen LogP contribution in [0.2, 0.25) is 0 Å². The van der Waals surface area contributed by atoms with E-state index in [-0.39, 0.29) is 13.2 Å². The number of hydrogen-bond acceptors (Lipinski definition) is 4. The van der Waals surface area contributed by atoms with Crippen LogP contribution in [0.1, 0.15) is 71.1 Å². The first kappa shape index (κ1) is 22.1. The first-order chi connectivity index (χ1) is 9.83. The molecule has 0 amide bonds. The molecule has 20 heavy (non-hydrogen) atoms. The van der Waals surface area contributed by atoms with Crippen LogP contribution in [0, 0.1) is 0 Å². The fourth-order valence-corrected chi connectivity index (χ4v) is 1.86. The van der Waals surface area contributed by atoms with Crippen LogP contribution in [0.5, 0.6) is 0 Å². The van der Waals surface area contributed by atoms with Gasteiger partial charge in [0, 0.05) is 0 Å². The summed E-state index contributed by atoms with van der Waals surface area (Å²) in [5, 5.41) is 16.2. The highest BCUT2D eigenvalue weighted by Crippen LogP contribution is 2.09. The molecule has 0 bridgehead atoms. The van der Waals surface area contributed by atoms with Gasteiger partial charge in [0.25, 0.3) is 0 Å². The molecule has 0 aromatic heterocycles. The van der Waals surface area contributed by atoms with E-state index in [1.807, 2.05) is 0 Å². The number of unbranched alkanes of at least 4 members (excludes halogenated alkanes) is 9. The van der Waals surface area contributed by atoms with Crippen molar-refractivity contribution in [2.24, 2.45) is 5.73 Å². The van der Waals surface area contributed by atoms with Gasteiger partial charge in [0.05, 0.1) is 26.4 Å². The van der Waals surface area contributed by atoms with Gasteiger partial charge in [-0.3, -0.25) is 0 Å². The van der Waals surface area contributed by atoms with Gasteiger partial charge in [-0.1, -0.05) is 64.7 Å². The van der Waals surface area contributed by atoms with Crippen molar-refractivity contribution in [2.45, 2.75) is 71.1 Å². The van der Waals surface area contributed by atoms with Crippen molar-refractivity contribution < 1.29 is 14.9 Å². The van der Waals surface area contributed by atoms with Gasteiger partial charge in [0.1, 0.15) is 0 Å². The lowest BCUT2D eigenvalue weighted by Gasteiger charge is -2.00. The Bertz CT molecular complexity index is 132. The number of rotatable bonds is 14. The summed E-state index contributed by atoms with van der Waals surface area (Å²) >= 11 is 0. The van der Waals surface area contributed by atoms with Crippen LogP contribution >= 0.6 is 0 Å². The maximum Gasteiger partial charge on any atom is 0.0698 e. The van der Waals surface area contributed by atoms with Crippen LogP contribution in [0.3, 0.4) is 0 Å². The fraction of sp³-hybridized carbons (Fsp3) is 1.00. The van der Waals surface area contributed by atoms with Crippen molar-refractivity contribution in [1.82, 2.24) is 0 Å². The first-order valence-corrected chi connectivity index (χ1v) is 8.33. The lowest BCUT2D eigenvalue weighted by Crippen LogP contribution is -2.03. The molecule has 4 N–H and O–H groups in total. The molecule has 4 heteroatoms.